The highest BCUT2D eigenvalue weighted by molar-refractivity contribution is 6.05. The monoisotopic (exact) mass is 353 g/mol. The largest absolute Gasteiger partial charge is 0.394 e. The average molecular weight is 353 g/mol. The molecule has 136 valence electrons. The topological polar surface area (TPSA) is 96.6 Å². The van der Waals surface area contributed by atoms with E-state index in [9.17, 15) is 15.2 Å². The molecule has 2 aromatic rings. The van der Waals surface area contributed by atoms with Crippen LogP contribution in [0.2, 0.25) is 0 Å². The second kappa shape index (κ2) is 8.48. The van der Waals surface area contributed by atoms with E-state index in [-0.39, 0.29) is 12.1 Å². The highest BCUT2D eigenvalue weighted by atomic mass is 16.3. The Labute approximate surface area is 153 Å². The molecule has 0 bridgehead atoms. The standard InChI is InChI=1S/C20H23N3O3/c1-13(19(10-21)20(26)22-11-18(25)12-24)14-4-5-16-9-17(23(2)3)7-6-15(16)8-14/h4-9,18,24-25H,11-12H2,1-3H3,(H,22,26)/b19-13+. The minimum Gasteiger partial charge on any atom is -0.394 e. The molecule has 0 saturated heterocycles. The van der Waals surface area contributed by atoms with Gasteiger partial charge >= 0.3 is 0 Å². The smallest absolute Gasteiger partial charge is 0.262 e. The zero-order valence-corrected chi connectivity index (χ0v) is 15.2. The lowest BCUT2D eigenvalue weighted by Gasteiger charge is -2.14. The number of benzene rings is 2. The predicted octanol–water partition coefficient (Wildman–Crippen LogP) is 1.67. The third-order valence-corrected chi connectivity index (χ3v) is 4.20. The molecule has 6 heteroatoms. The first-order valence-electron chi connectivity index (χ1n) is 8.27. The Morgan fingerprint density at radius 3 is 2.50 bits per heavy atom. The molecular formula is C20H23N3O3. The van der Waals surface area contributed by atoms with Crippen molar-refractivity contribution in [2.24, 2.45) is 0 Å². The van der Waals surface area contributed by atoms with Gasteiger partial charge in [0.2, 0.25) is 0 Å². The molecule has 2 aromatic carbocycles. The first-order valence-corrected chi connectivity index (χ1v) is 8.27. The van der Waals surface area contributed by atoms with Crippen LogP contribution in [-0.4, -0.2) is 49.5 Å². The summed E-state index contributed by atoms with van der Waals surface area (Å²) < 4.78 is 0. The molecule has 2 rings (SSSR count). The van der Waals surface area contributed by atoms with Crippen molar-refractivity contribution in [1.29, 1.82) is 5.26 Å². The molecule has 1 atom stereocenters. The first kappa shape index (κ1) is 19.4. The molecule has 0 heterocycles. The molecule has 0 aliphatic carbocycles. The third kappa shape index (κ3) is 4.39. The number of hydrogen-bond acceptors (Lipinski definition) is 5. The summed E-state index contributed by atoms with van der Waals surface area (Å²) >= 11 is 0. The summed E-state index contributed by atoms with van der Waals surface area (Å²) in [7, 11) is 3.96. The molecule has 0 saturated carbocycles. The number of anilines is 1. The number of nitrogens with zero attached hydrogens (tertiary/aromatic N) is 2. The lowest BCUT2D eigenvalue weighted by molar-refractivity contribution is -0.117. The van der Waals surface area contributed by atoms with Gasteiger partial charge in [-0.25, -0.2) is 0 Å². The van der Waals surface area contributed by atoms with Gasteiger partial charge in [-0.2, -0.15) is 5.26 Å². The van der Waals surface area contributed by atoms with Crippen molar-refractivity contribution >= 4 is 27.9 Å². The molecule has 0 aliphatic rings. The number of nitrogens with one attached hydrogen (secondary N) is 1. The van der Waals surface area contributed by atoms with Gasteiger partial charge in [-0.3, -0.25) is 4.79 Å². The molecule has 26 heavy (non-hydrogen) atoms. The van der Waals surface area contributed by atoms with Crippen LogP contribution in [0, 0.1) is 11.3 Å². The Hall–Kier alpha value is -2.88. The van der Waals surface area contributed by atoms with E-state index in [1.807, 2.05) is 55.4 Å². The highest BCUT2D eigenvalue weighted by Crippen LogP contribution is 2.26. The maximum atomic E-state index is 12.2. The van der Waals surface area contributed by atoms with Crippen LogP contribution in [0.4, 0.5) is 5.69 Å². The van der Waals surface area contributed by atoms with Crippen LogP contribution in [0.1, 0.15) is 12.5 Å². The number of fused-ring (bicyclic) bond motifs is 1. The van der Waals surface area contributed by atoms with Gasteiger partial charge in [0.1, 0.15) is 11.6 Å². The van der Waals surface area contributed by atoms with Crippen molar-refractivity contribution in [3.63, 3.8) is 0 Å². The second-order valence-corrected chi connectivity index (χ2v) is 6.30. The summed E-state index contributed by atoms with van der Waals surface area (Å²) in [4.78, 5) is 14.2. The lowest BCUT2D eigenvalue weighted by Crippen LogP contribution is -2.34. The maximum absolute atomic E-state index is 12.2. The van der Waals surface area contributed by atoms with Crippen molar-refractivity contribution in [3.8, 4) is 6.07 Å². The number of aliphatic hydroxyl groups excluding tert-OH is 2. The van der Waals surface area contributed by atoms with Crippen molar-refractivity contribution in [1.82, 2.24) is 5.32 Å². The summed E-state index contributed by atoms with van der Waals surface area (Å²) in [6, 6.07) is 13.8. The number of amides is 1. The number of carbonyl (C=O) groups is 1. The van der Waals surface area contributed by atoms with Gasteiger partial charge in [0, 0.05) is 26.3 Å². The Morgan fingerprint density at radius 2 is 1.88 bits per heavy atom. The number of carbonyl (C=O) groups excluding carboxylic acids is 1. The Balaban J connectivity index is 2.34. The molecule has 0 aromatic heterocycles. The zero-order valence-electron chi connectivity index (χ0n) is 15.2. The summed E-state index contributed by atoms with van der Waals surface area (Å²) in [5.41, 5.74) is 2.42. The van der Waals surface area contributed by atoms with Crippen molar-refractivity contribution in [2.45, 2.75) is 13.0 Å². The van der Waals surface area contributed by atoms with E-state index in [4.69, 9.17) is 5.11 Å². The van der Waals surface area contributed by atoms with Crippen LogP contribution in [0.5, 0.6) is 0 Å². The van der Waals surface area contributed by atoms with Crippen molar-refractivity contribution in [3.05, 3.63) is 47.5 Å². The Bertz CT molecular complexity index is 881. The highest BCUT2D eigenvalue weighted by Gasteiger charge is 2.15. The second-order valence-electron chi connectivity index (χ2n) is 6.30. The fourth-order valence-corrected chi connectivity index (χ4v) is 2.56. The van der Waals surface area contributed by atoms with E-state index in [0.29, 0.717) is 5.57 Å². The average Bonchev–Trinajstić information content (AvgIpc) is 2.65. The maximum Gasteiger partial charge on any atom is 0.262 e. The minimum absolute atomic E-state index is 0.0144. The molecule has 1 amide bonds. The minimum atomic E-state index is -1.05. The third-order valence-electron chi connectivity index (χ3n) is 4.20. The summed E-state index contributed by atoms with van der Waals surface area (Å²) in [6.07, 6.45) is -1.05. The van der Waals surface area contributed by atoms with E-state index < -0.39 is 18.6 Å². The zero-order chi connectivity index (χ0) is 19.3. The Morgan fingerprint density at radius 1 is 1.23 bits per heavy atom. The van der Waals surface area contributed by atoms with Gasteiger partial charge in [-0.15, -0.1) is 0 Å². The van der Waals surface area contributed by atoms with E-state index in [2.05, 4.69) is 11.4 Å². The SMILES string of the molecule is C/C(=C(/C#N)C(=O)NCC(O)CO)c1ccc2cc(N(C)C)ccc2c1. The number of allylic oxidation sites excluding steroid dienone is 1. The van der Waals surface area contributed by atoms with Crippen LogP contribution >= 0.6 is 0 Å². The van der Waals surface area contributed by atoms with Crippen molar-refractivity contribution in [2.75, 3.05) is 32.1 Å². The van der Waals surface area contributed by atoms with E-state index in [1.54, 1.807) is 6.92 Å². The van der Waals surface area contributed by atoms with Gasteiger partial charge in [-0.05, 0) is 47.0 Å². The van der Waals surface area contributed by atoms with Crippen LogP contribution in [0.15, 0.2) is 42.0 Å². The molecule has 0 spiro atoms. The van der Waals surface area contributed by atoms with Gasteiger partial charge < -0.3 is 20.4 Å². The quantitative estimate of drug-likeness (QED) is 0.542. The Kier molecular flexibility index (Phi) is 6.34. The predicted molar refractivity (Wildman–Crippen MR) is 103 cm³/mol. The van der Waals surface area contributed by atoms with Gasteiger partial charge in [-0.1, -0.05) is 18.2 Å². The first-order chi connectivity index (χ1) is 12.4. The molecule has 0 aliphatic heterocycles. The molecule has 1 unspecified atom stereocenters. The molecular weight excluding hydrogens is 330 g/mol. The normalized spacial score (nSPS) is 12.9. The summed E-state index contributed by atoms with van der Waals surface area (Å²) in [6.45, 7) is 1.15. The van der Waals surface area contributed by atoms with E-state index >= 15 is 0 Å². The van der Waals surface area contributed by atoms with Gasteiger partial charge in [0.05, 0.1) is 12.7 Å². The lowest BCUT2D eigenvalue weighted by atomic mass is 9.98. The fraction of sp³-hybridized carbons (Fsp3) is 0.300. The summed E-state index contributed by atoms with van der Waals surface area (Å²) in [5, 5.41) is 32.1. The van der Waals surface area contributed by atoms with Crippen LogP contribution in [0.3, 0.4) is 0 Å². The molecule has 3 N–H and O–H groups in total. The van der Waals surface area contributed by atoms with Gasteiger partial charge in [0.25, 0.3) is 5.91 Å². The van der Waals surface area contributed by atoms with E-state index in [1.165, 1.54) is 0 Å². The van der Waals surface area contributed by atoms with Crippen molar-refractivity contribution < 1.29 is 15.0 Å². The van der Waals surface area contributed by atoms with Crippen LogP contribution < -0.4 is 10.2 Å². The number of nitriles is 1. The van der Waals surface area contributed by atoms with Crippen LogP contribution in [-0.2, 0) is 4.79 Å². The number of rotatable bonds is 6. The van der Waals surface area contributed by atoms with Crippen LogP contribution in [0.25, 0.3) is 16.3 Å². The molecule has 0 fully saturated rings. The number of hydrogen-bond donors (Lipinski definition) is 3. The fourth-order valence-electron chi connectivity index (χ4n) is 2.56. The van der Waals surface area contributed by atoms with Gasteiger partial charge in [0.15, 0.2) is 0 Å². The number of aliphatic hydroxyl groups is 2. The summed E-state index contributed by atoms with van der Waals surface area (Å²) in [5.74, 6) is -0.569. The van der Waals surface area contributed by atoms with E-state index in [0.717, 1.165) is 22.0 Å². The molecule has 6 nitrogen and oxygen atoms in total. The molecule has 0 radical (unpaired) electrons.